The lowest BCUT2D eigenvalue weighted by Gasteiger charge is -2.36. The van der Waals surface area contributed by atoms with Gasteiger partial charge in [-0.05, 0) is 24.1 Å². The largest absolute Gasteiger partial charge is 0.370 e. The van der Waals surface area contributed by atoms with E-state index in [1.165, 1.54) is 5.56 Å². The second-order valence-corrected chi connectivity index (χ2v) is 6.59. The molecule has 1 aliphatic heterocycles. The number of aromatic nitrogens is 3. The minimum Gasteiger partial charge on any atom is -0.370 e. The van der Waals surface area contributed by atoms with Gasteiger partial charge in [0, 0.05) is 45.0 Å². The first kappa shape index (κ1) is 17.3. The van der Waals surface area contributed by atoms with Crippen LogP contribution in [-0.4, -0.2) is 47.7 Å². The van der Waals surface area contributed by atoms with E-state index in [1.54, 1.807) is 6.33 Å². The summed E-state index contributed by atoms with van der Waals surface area (Å²) in [6.45, 7) is 4.59. The molecule has 1 fully saturated rings. The van der Waals surface area contributed by atoms with Crippen molar-refractivity contribution in [3.05, 3.63) is 72.7 Å². The summed E-state index contributed by atoms with van der Waals surface area (Å²) in [5, 5.41) is 3.41. The average Bonchev–Trinajstić information content (AvgIpc) is 2.76. The van der Waals surface area contributed by atoms with Crippen LogP contribution in [0.5, 0.6) is 0 Å². The van der Waals surface area contributed by atoms with Crippen LogP contribution in [0.3, 0.4) is 0 Å². The monoisotopic (exact) mass is 360 g/mol. The van der Waals surface area contributed by atoms with Crippen molar-refractivity contribution in [2.24, 2.45) is 0 Å². The normalized spacial score (nSPS) is 14.2. The SMILES string of the molecule is c1ccc(CCNc2cc(N3CCN(c4ccccn4)CC3)ncn2)cc1. The molecule has 0 bridgehead atoms. The molecule has 0 atom stereocenters. The highest BCUT2D eigenvalue weighted by molar-refractivity contribution is 5.50. The highest BCUT2D eigenvalue weighted by Crippen LogP contribution is 2.18. The first-order chi connectivity index (χ1) is 13.4. The summed E-state index contributed by atoms with van der Waals surface area (Å²) in [4.78, 5) is 17.9. The number of hydrogen-bond donors (Lipinski definition) is 1. The van der Waals surface area contributed by atoms with Crippen molar-refractivity contribution in [3.8, 4) is 0 Å². The van der Waals surface area contributed by atoms with Crippen LogP contribution in [0.4, 0.5) is 17.5 Å². The van der Waals surface area contributed by atoms with E-state index in [0.29, 0.717) is 0 Å². The van der Waals surface area contributed by atoms with E-state index in [2.05, 4.69) is 60.4 Å². The second-order valence-electron chi connectivity index (χ2n) is 6.59. The molecule has 3 heterocycles. The zero-order chi connectivity index (χ0) is 18.3. The number of pyridine rings is 1. The Morgan fingerprint density at radius 1 is 0.778 bits per heavy atom. The zero-order valence-electron chi connectivity index (χ0n) is 15.3. The molecule has 4 rings (SSSR count). The molecule has 0 aliphatic carbocycles. The van der Waals surface area contributed by atoms with Crippen molar-refractivity contribution >= 4 is 17.5 Å². The Kier molecular flexibility index (Phi) is 5.43. The van der Waals surface area contributed by atoms with Gasteiger partial charge in [0.25, 0.3) is 0 Å². The van der Waals surface area contributed by atoms with E-state index >= 15 is 0 Å². The molecule has 1 N–H and O–H groups in total. The lowest BCUT2D eigenvalue weighted by Crippen LogP contribution is -2.47. The van der Waals surface area contributed by atoms with Gasteiger partial charge in [0.15, 0.2) is 0 Å². The minimum atomic E-state index is 0.855. The topological polar surface area (TPSA) is 57.2 Å². The molecule has 0 amide bonds. The third-order valence-corrected chi connectivity index (χ3v) is 4.79. The Morgan fingerprint density at radius 3 is 2.26 bits per heavy atom. The predicted octanol–water partition coefficient (Wildman–Crippen LogP) is 2.85. The number of rotatable bonds is 6. The standard InChI is InChI=1S/C21H24N6/c1-2-6-18(7-3-1)9-11-22-19-16-21(25-17-24-19)27-14-12-26(13-15-27)20-8-4-5-10-23-20/h1-8,10,16-17H,9,11-15H2,(H,22,24,25). The summed E-state index contributed by atoms with van der Waals surface area (Å²) < 4.78 is 0. The second kappa shape index (κ2) is 8.49. The summed E-state index contributed by atoms with van der Waals surface area (Å²) in [5.41, 5.74) is 1.32. The number of anilines is 3. The van der Waals surface area contributed by atoms with Gasteiger partial charge in [-0.15, -0.1) is 0 Å². The molecular weight excluding hydrogens is 336 g/mol. The maximum absolute atomic E-state index is 4.47. The summed E-state index contributed by atoms with van der Waals surface area (Å²) in [6.07, 6.45) is 4.47. The maximum Gasteiger partial charge on any atom is 0.134 e. The van der Waals surface area contributed by atoms with Gasteiger partial charge in [-0.2, -0.15) is 0 Å². The van der Waals surface area contributed by atoms with Crippen molar-refractivity contribution in [2.45, 2.75) is 6.42 Å². The fourth-order valence-electron chi connectivity index (χ4n) is 3.30. The van der Waals surface area contributed by atoms with E-state index in [4.69, 9.17) is 0 Å². The van der Waals surface area contributed by atoms with Crippen LogP contribution in [0, 0.1) is 0 Å². The van der Waals surface area contributed by atoms with Crippen LogP contribution in [0.15, 0.2) is 67.1 Å². The van der Waals surface area contributed by atoms with E-state index < -0.39 is 0 Å². The zero-order valence-corrected chi connectivity index (χ0v) is 15.3. The molecule has 27 heavy (non-hydrogen) atoms. The number of nitrogens with zero attached hydrogens (tertiary/aromatic N) is 5. The fraction of sp³-hybridized carbons (Fsp3) is 0.286. The maximum atomic E-state index is 4.47. The summed E-state index contributed by atoms with van der Waals surface area (Å²) in [6, 6.07) is 18.6. The predicted molar refractivity (Wildman–Crippen MR) is 109 cm³/mol. The first-order valence-electron chi connectivity index (χ1n) is 9.39. The molecule has 1 saturated heterocycles. The highest BCUT2D eigenvalue weighted by Gasteiger charge is 2.19. The molecule has 138 valence electrons. The van der Waals surface area contributed by atoms with Crippen molar-refractivity contribution in [1.29, 1.82) is 0 Å². The van der Waals surface area contributed by atoms with Crippen LogP contribution in [0.25, 0.3) is 0 Å². The van der Waals surface area contributed by atoms with E-state index in [-0.39, 0.29) is 0 Å². The molecule has 6 nitrogen and oxygen atoms in total. The lowest BCUT2D eigenvalue weighted by atomic mass is 10.1. The smallest absolute Gasteiger partial charge is 0.134 e. The van der Waals surface area contributed by atoms with Crippen LogP contribution >= 0.6 is 0 Å². The number of nitrogens with one attached hydrogen (secondary N) is 1. The van der Waals surface area contributed by atoms with E-state index in [1.807, 2.05) is 30.5 Å². The van der Waals surface area contributed by atoms with Crippen LogP contribution in [0.2, 0.25) is 0 Å². The van der Waals surface area contributed by atoms with Gasteiger partial charge >= 0.3 is 0 Å². The highest BCUT2D eigenvalue weighted by atomic mass is 15.3. The van der Waals surface area contributed by atoms with Gasteiger partial charge in [-0.1, -0.05) is 36.4 Å². The summed E-state index contributed by atoms with van der Waals surface area (Å²) >= 11 is 0. The van der Waals surface area contributed by atoms with Crippen molar-refractivity contribution in [2.75, 3.05) is 47.8 Å². The Hall–Kier alpha value is -3.15. The van der Waals surface area contributed by atoms with Crippen molar-refractivity contribution in [1.82, 2.24) is 15.0 Å². The molecule has 1 aliphatic rings. The van der Waals surface area contributed by atoms with Gasteiger partial charge in [-0.3, -0.25) is 0 Å². The van der Waals surface area contributed by atoms with Gasteiger partial charge < -0.3 is 15.1 Å². The molecule has 1 aromatic carbocycles. The van der Waals surface area contributed by atoms with Crippen LogP contribution < -0.4 is 15.1 Å². The Morgan fingerprint density at radius 2 is 1.52 bits per heavy atom. The van der Waals surface area contributed by atoms with Crippen LogP contribution in [-0.2, 0) is 6.42 Å². The summed E-state index contributed by atoms with van der Waals surface area (Å²) in [5.74, 6) is 2.90. The Balaban J connectivity index is 1.31. The third-order valence-electron chi connectivity index (χ3n) is 4.79. The van der Waals surface area contributed by atoms with Gasteiger partial charge in [-0.25, -0.2) is 15.0 Å². The molecule has 0 radical (unpaired) electrons. The van der Waals surface area contributed by atoms with Crippen molar-refractivity contribution in [3.63, 3.8) is 0 Å². The lowest BCUT2D eigenvalue weighted by molar-refractivity contribution is 0.641. The molecule has 6 heteroatoms. The fourth-order valence-corrected chi connectivity index (χ4v) is 3.30. The molecule has 0 spiro atoms. The number of hydrogen-bond acceptors (Lipinski definition) is 6. The molecule has 0 saturated carbocycles. The average molecular weight is 360 g/mol. The van der Waals surface area contributed by atoms with Gasteiger partial charge in [0.1, 0.15) is 23.8 Å². The number of piperazine rings is 1. The van der Waals surface area contributed by atoms with Gasteiger partial charge in [0.2, 0.25) is 0 Å². The molecule has 3 aromatic rings. The summed E-state index contributed by atoms with van der Waals surface area (Å²) in [7, 11) is 0. The minimum absolute atomic E-state index is 0.855. The molecular formula is C21H24N6. The van der Waals surface area contributed by atoms with Gasteiger partial charge in [0.05, 0.1) is 0 Å². The quantitative estimate of drug-likeness (QED) is 0.729. The number of benzene rings is 1. The first-order valence-corrected chi connectivity index (χ1v) is 9.39. The Labute approximate surface area is 159 Å². The van der Waals surface area contributed by atoms with E-state index in [0.717, 1.165) is 56.6 Å². The van der Waals surface area contributed by atoms with Crippen molar-refractivity contribution < 1.29 is 0 Å². The third kappa shape index (κ3) is 4.53. The van der Waals surface area contributed by atoms with E-state index in [9.17, 15) is 0 Å². The molecule has 2 aromatic heterocycles. The molecule has 0 unspecified atom stereocenters. The van der Waals surface area contributed by atoms with Crippen LogP contribution in [0.1, 0.15) is 5.56 Å². The Bertz CT molecular complexity index is 832.